The summed E-state index contributed by atoms with van der Waals surface area (Å²) < 4.78 is 0. The fraction of sp³-hybridized carbons (Fsp3) is 0.273. The van der Waals surface area contributed by atoms with Gasteiger partial charge in [-0.05, 0) is 24.6 Å². The standard InChI is InChI=1S/C22H24ClN3O2/c1-4-13-26(14-18-11-9-17(2)10-12-18)16-22(28)25(3)15-21(27)24-20-8-6-5-7-19(20)23/h1,5-12H,13-16H2,2-3H3,(H,24,27). The summed E-state index contributed by atoms with van der Waals surface area (Å²) in [5.41, 5.74) is 2.77. The molecule has 0 aliphatic carbocycles. The van der Waals surface area contributed by atoms with Gasteiger partial charge >= 0.3 is 0 Å². The summed E-state index contributed by atoms with van der Waals surface area (Å²) in [5.74, 6) is 2.09. The molecular weight excluding hydrogens is 374 g/mol. The summed E-state index contributed by atoms with van der Waals surface area (Å²) in [5, 5.41) is 3.16. The van der Waals surface area contributed by atoms with Crippen molar-refractivity contribution in [3.8, 4) is 12.3 Å². The Morgan fingerprint density at radius 1 is 1.11 bits per heavy atom. The maximum absolute atomic E-state index is 12.5. The van der Waals surface area contributed by atoms with Gasteiger partial charge in [-0.2, -0.15) is 0 Å². The zero-order chi connectivity index (χ0) is 20.5. The molecule has 0 bridgehead atoms. The Balaban J connectivity index is 1.91. The van der Waals surface area contributed by atoms with Crippen molar-refractivity contribution in [1.29, 1.82) is 0 Å². The van der Waals surface area contributed by atoms with Gasteiger partial charge in [-0.3, -0.25) is 14.5 Å². The first-order valence-electron chi connectivity index (χ1n) is 8.88. The van der Waals surface area contributed by atoms with Crippen molar-refractivity contribution in [2.24, 2.45) is 0 Å². The minimum Gasteiger partial charge on any atom is -0.335 e. The van der Waals surface area contributed by atoms with Crippen molar-refractivity contribution >= 4 is 29.1 Å². The highest BCUT2D eigenvalue weighted by atomic mass is 35.5. The molecule has 6 heteroatoms. The number of terminal acetylenes is 1. The highest BCUT2D eigenvalue weighted by molar-refractivity contribution is 6.33. The lowest BCUT2D eigenvalue weighted by molar-refractivity contribution is -0.134. The topological polar surface area (TPSA) is 52.7 Å². The van der Waals surface area contributed by atoms with Crippen molar-refractivity contribution in [1.82, 2.24) is 9.80 Å². The smallest absolute Gasteiger partial charge is 0.244 e. The third kappa shape index (κ3) is 6.73. The number of carbonyl (C=O) groups excluding carboxylic acids is 2. The molecule has 0 spiro atoms. The summed E-state index contributed by atoms with van der Waals surface area (Å²) in [6.45, 7) is 3.00. The summed E-state index contributed by atoms with van der Waals surface area (Å²) in [7, 11) is 1.59. The molecule has 28 heavy (non-hydrogen) atoms. The number of anilines is 1. The summed E-state index contributed by atoms with van der Waals surface area (Å²) in [6, 6.07) is 15.0. The van der Waals surface area contributed by atoms with Crippen LogP contribution in [0.3, 0.4) is 0 Å². The molecule has 2 rings (SSSR count). The van der Waals surface area contributed by atoms with Crippen LogP contribution in [0.25, 0.3) is 0 Å². The van der Waals surface area contributed by atoms with Crippen LogP contribution < -0.4 is 5.32 Å². The van der Waals surface area contributed by atoms with Crippen LogP contribution in [-0.2, 0) is 16.1 Å². The maximum Gasteiger partial charge on any atom is 0.244 e. The number of hydrogen-bond donors (Lipinski definition) is 1. The van der Waals surface area contributed by atoms with E-state index in [2.05, 4.69) is 11.2 Å². The fourth-order valence-corrected chi connectivity index (χ4v) is 2.80. The zero-order valence-corrected chi connectivity index (χ0v) is 16.9. The van der Waals surface area contributed by atoms with Crippen LogP contribution in [0.15, 0.2) is 48.5 Å². The lowest BCUT2D eigenvalue weighted by Crippen LogP contribution is -2.41. The molecule has 2 aromatic rings. The Bertz CT molecular complexity index is 859. The number of carbonyl (C=O) groups is 2. The Hall–Kier alpha value is -2.81. The monoisotopic (exact) mass is 397 g/mol. The van der Waals surface area contributed by atoms with E-state index in [1.807, 2.05) is 36.1 Å². The van der Waals surface area contributed by atoms with Gasteiger partial charge < -0.3 is 10.2 Å². The SMILES string of the molecule is C#CCN(CC(=O)N(C)CC(=O)Nc1ccccc1Cl)Cc1ccc(C)cc1. The highest BCUT2D eigenvalue weighted by Gasteiger charge is 2.17. The second-order valence-corrected chi connectivity index (χ2v) is 7.02. The van der Waals surface area contributed by atoms with Crippen LogP contribution in [0.5, 0.6) is 0 Å². The average Bonchev–Trinajstić information content (AvgIpc) is 2.65. The van der Waals surface area contributed by atoms with Crippen LogP contribution in [0, 0.1) is 19.3 Å². The molecular formula is C22H24ClN3O2. The zero-order valence-electron chi connectivity index (χ0n) is 16.1. The Labute approximate surface area is 171 Å². The number of hydrogen-bond acceptors (Lipinski definition) is 3. The maximum atomic E-state index is 12.5. The van der Waals surface area contributed by atoms with Gasteiger partial charge in [0.2, 0.25) is 11.8 Å². The number of para-hydroxylation sites is 1. The molecule has 0 unspecified atom stereocenters. The Morgan fingerprint density at radius 3 is 2.43 bits per heavy atom. The Morgan fingerprint density at radius 2 is 1.79 bits per heavy atom. The predicted octanol–water partition coefficient (Wildman–Crippen LogP) is 3.18. The van der Waals surface area contributed by atoms with E-state index in [0.29, 0.717) is 23.8 Å². The van der Waals surface area contributed by atoms with Crippen molar-refractivity contribution in [2.75, 3.05) is 32.0 Å². The first-order valence-corrected chi connectivity index (χ1v) is 9.26. The van der Waals surface area contributed by atoms with Crippen LogP contribution in [0.2, 0.25) is 5.02 Å². The molecule has 2 amide bonds. The van der Waals surface area contributed by atoms with E-state index in [1.165, 1.54) is 10.5 Å². The van der Waals surface area contributed by atoms with E-state index >= 15 is 0 Å². The molecule has 2 aromatic carbocycles. The molecule has 5 nitrogen and oxygen atoms in total. The van der Waals surface area contributed by atoms with Gasteiger partial charge in [0.05, 0.1) is 30.3 Å². The number of nitrogens with zero attached hydrogens (tertiary/aromatic N) is 2. The number of rotatable bonds is 8. The minimum atomic E-state index is -0.314. The van der Waals surface area contributed by atoms with E-state index in [0.717, 1.165) is 5.56 Å². The van der Waals surface area contributed by atoms with Crippen molar-refractivity contribution in [3.63, 3.8) is 0 Å². The van der Waals surface area contributed by atoms with Gasteiger partial charge in [0, 0.05) is 13.6 Å². The molecule has 0 aromatic heterocycles. The number of nitrogens with one attached hydrogen (secondary N) is 1. The van der Waals surface area contributed by atoms with Crippen LogP contribution in [0.4, 0.5) is 5.69 Å². The highest BCUT2D eigenvalue weighted by Crippen LogP contribution is 2.20. The predicted molar refractivity (Wildman–Crippen MR) is 113 cm³/mol. The number of halogens is 1. The molecule has 0 aliphatic rings. The molecule has 146 valence electrons. The first kappa shape index (κ1) is 21.5. The van der Waals surface area contributed by atoms with Gasteiger partial charge in [-0.15, -0.1) is 6.42 Å². The summed E-state index contributed by atoms with van der Waals surface area (Å²) in [4.78, 5) is 28.0. The third-order valence-corrected chi connectivity index (χ3v) is 4.48. The quantitative estimate of drug-likeness (QED) is 0.696. The molecule has 0 heterocycles. The second-order valence-electron chi connectivity index (χ2n) is 6.61. The summed E-state index contributed by atoms with van der Waals surface area (Å²) >= 11 is 6.04. The molecule has 0 aliphatic heterocycles. The largest absolute Gasteiger partial charge is 0.335 e. The van der Waals surface area contributed by atoms with Crippen LogP contribution >= 0.6 is 11.6 Å². The molecule has 0 radical (unpaired) electrons. The van der Waals surface area contributed by atoms with Crippen molar-refractivity contribution in [2.45, 2.75) is 13.5 Å². The first-order chi connectivity index (χ1) is 13.4. The Kier molecular flexibility index (Phi) is 8.06. The number of aryl methyl sites for hydroxylation is 1. The number of amides is 2. The lowest BCUT2D eigenvalue weighted by Gasteiger charge is -2.23. The van der Waals surface area contributed by atoms with Crippen molar-refractivity contribution in [3.05, 3.63) is 64.7 Å². The summed E-state index contributed by atoms with van der Waals surface area (Å²) in [6.07, 6.45) is 5.45. The van der Waals surface area contributed by atoms with Crippen LogP contribution in [-0.4, -0.2) is 48.3 Å². The van der Waals surface area contributed by atoms with Crippen LogP contribution in [0.1, 0.15) is 11.1 Å². The normalized spacial score (nSPS) is 10.4. The molecule has 0 fully saturated rings. The van der Waals surface area contributed by atoms with E-state index in [-0.39, 0.29) is 24.9 Å². The van der Waals surface area contributed by atoms with E-state index in [4.69, 9.17) is 18.0 Å². The molecule has 0 atom stereocenters. The van der Waals surface area contributed by atoms with Gasteiger partial charge in [0.15, 0.2) is 0 Å². The molecule has 0 saturated carbocycles. The van der Waals surface area contributed by atoms with E-state index in [1.54, 1.807) is 31.3 Å². The van der Waals surface area contributed by atoms with Gasteiger partial charge in [-0.25, -0.2) is 0 Å². The van der Waals surface area contributed by atoms with E-state index < -0.39 is 0 Å². The molecule has 0 saturated heterocycles. The van der Waals surface area contributed by atoms with Gasteiger partial charge in [-0.1, -0.05) is 59.5 Å². The second kappa shape index (κ2) is 10.5. The van der Waals surface area contributed by atoms with E-state index in [9.17, 15) is 9.59 Å². The number of likely N-dealkylation sites (N-methyl/N-ethyl adjacent to an activating group) is 1. The lowest BCUT2D eigenvalue weighted by atomic mass is 10.1. The minimum absolute atomic E-state index is 0.0710. The number of benzene rings is 2. The fourth-order valence-electron chi connectivity index (χ4n) is 2.62. The average molecular weight is 398 g/mol. The third-order valence-electron chi connectivity index (χ3n) is 4.16. The van der Waals surface area contributed by atoms with Gasteiger partial charge in [0.25, 0.3) is 0 Å². The van der Waals surface area contributed by atoms with Gasteiger partial charge in [0.1, 0.15) is 0 Å². The van der Waals surface area contributed by atoms with Crippen molar-refractivity contribution < 1.29 is 9.59 Å². The molecule has 1 N–H and O–H groups in total.